The molecule has 1 aromatic rings. The fourth-order valence-corrected chi connectivity index (χ4v) is 4.54. The average molecular weight is 334 g/mol. The van der Waals surface area contributed by atoms with Crippen molar-refractivity contribution >= 4 is 20.0 Å². The van der Waals surface area contributed by atoms with Gasteiger partial charge in [0, 0.05) is 6.04 Å². The molecule has 0 heterocycles. The van der Waals surface area contributed by atoms with E-state index in [1.54, 1.807) is 6.92 Å². The molecule has 0 aliphatic heterocycles. The number of benzene rings is 1. The first-order valence-electron chi connectivity index (χ1n) is 6.68. The first kappa shape index (κ1) is 18.1. The number of nitrogens with one attached hydrogen (secondary N) is 1. The summed E-state index contributed by atoms with van der Waals surface area (Å²) in [7, 11) is -8.03. The summed E-state index contributed by atoms with van der Waals surface area (Å²) in [6, 6.07) is 5.02. The summed E-state index contributed by atoms with van der Waals surface area (Å²) in [5.74, 6) is 0.466. The van der Waals surface area contributed by atoms with Gasteiger partial charge in [-0.2, -0.15) is 0 Å². The second-order valence-electron chi connectivity index (χ2n) is 5.49. The van der Waals surface area contributed by atoms with Crippen molar-refractivity contribution in [3.8, 4) is 0 Å². The fourth-order valence-electron chi connectivity index (χ4n) is 1.88. The number of hydrogen-bond donors (Lipinski definition) is 2. The summed E-state index contributed by atoms with van der Waals surface area (Å²) in [6.07, 6.45) is 1.55. The highest BCUT2D eigenvalue weighted by molar-refractivity contribution is 7.92. The van der Waals surface area contributed by atoms with Crippen LogP contribution in [-0.4, -0.2) is 22.9 Å². The van der Waals surface area contributed by atoms with Crippen LogP contribution in [0.2, 0.25) is 0 Å². The van der Waals surface area contributed by atoms with Gasteiger partial charge in [-0.25, -0.2) is 26.7 Å². The molecule has 0 saturated carbocycles. The van der Waals surface area contributed by atoms with Gasteiger partial charge in [0.15, 0.2) is 0 Å². The lowest BCUT2D eigenvalue weighted by molar-refractivity contribution is 0.484. The quantitative estimate of drug-likeness (QED) is 0.786. The third-order valence-electron chi connectivity index (χ3n) is 2.98. The third-order valence-corrected chi connectivity index (χ3v) is 5.72. The number of sulfonamides is 2. The highest BCUT2D eigenvalue weighted by Crippen LogP contribution is 2.20. The minimum absolute atomic E-state index is 0.286. The van der Waals surface area contributed by atoms with Crippen molar-refractivity contribution in [1.29, 1.82) is 0 Å². The second kappa shape index (κ2) is 6.87. The zero-order valence-corrected chi connectivity index (χ0v) is 14.0. The van der Waals surface area contributed by atoms with Crippen molar-refractivity contribution in [3.63, 3.8) is 0 Å². The van der Waals surface area contributed by atoms with Crippen molar-refractivity contribution in [2.24, 2.45) is 11.1 Å². The van der Waals surface area contributed by atoms with Crippen molar-refractivity contribution in [1.82, 2.24) is 4.72 Å². The molecule has 3 N–H and O–H groups in total. The zero-order chi connectivity index (χ0) is 16.3. The lowest BCUT2D eigenvalue weighted by atomic mass is 10.1. The minimum Gasteiger partial charge on any atom is -0.225 e. The molecule has 0 fully saturated rings. The molecule has 0 aromatic heterocycles. The molecule has 0 aliphatic carbocycles. The number of rotatable bonds is 7. The SMILES string of the molecule is CC(C)CCC(C)NS(=O)(=O)c1ccccc1S(N)(=O)=O. The van der Waals surface area contributed by atoms with Crippen LogP contribution in [0.5, 0.6) is 0 Å². The lowest BCUT2D eigenvalue weighted by Crippen LogP contribution is -2.34. The molecule has 0 spiro atoms. The monoisotopic (exact) mass is 334 g/mol. The summed E-state index contributed by atoms with van der Waals surface area (Å²) in [6.45, 7) is 5.86. The maximum absolute atomic E-state index is 12.3. The van der Waals surface area contributed by atoms with Gasteiger partial charge >= 0.3 is 0 Å². The van der Waals surface area contributed by atoms with E-state index in [1.807, 2.05) is 0 Å². The van der Waals surface area contributed by atoms with Crippen LogP contribution in [0, 0.1) is 5.92 Å². The molecular weight excluding hydrogens is 312 g/mol. The van der Waals surface area contributed by atoms with E-state index in [9.17, 15) is 16.8 Å². The first-order chi connectivity index (χ1) is 9.54. The molecule has 21 heavy (non-hydrogen) atoms. The Morgan fingerprint density at radius 3 is 2.00 bits per heavy atom. The van der Waals surface area contributed by atoms with Crippen molar-refractivity contribution in [2.75, 3.05) is 0 Å². The Bertz CT molecular complexity index is 682. The maximum Gasteiger partial charge on any atom is 0.242 e. The van der Waals surface area contributed by atoms with E-state index in [0.717, 1.165) is 6.42 Å². The number of nitrogens with two attached hydrogens (primary N) is 1. The highest BCUT2D eigenvalue weighted by Gasteiger charge is 2.25. The Hall–Kier alpha value is -0.960. The Labute approximate surface area is 126 Å². The molecule has 0 saturated heterocycles. The summed E-state index contributed by atoms with van der Waals surface area (Å²) in [5.41, 5.74) is 0. The van der Waals surface area contributed by atoms with Gasteiger partial charge in [-0.15, -0.1) is 0 Å². The fraction of sp³-hybridized carbons (Fsp3) is 0.538. The van der Waals surface area contributed by atoms with Gasteiger partial charge in [-0.05, 0) is 37.8 Å². The van der Waals surface area contributed by atoms with E-state index < -0.39 is 24.9 Å². The van der Waals surface area contributed by atoms with Crippen LogP contribution >= 0.6 is 0 Å². The van der Waals surface area contributed by atoms with E-state index in [4.69, 9.17) is 5.14 Å². The molecule has 6 nitrogen and oxygen atoms in total. The van der Waals surface area contributed by atoms with Crippen molar-refractivity contribution in [3.05, 3.63) is 24.3 Å². The second-order valence-corrected chi connectivity index (χ2v) is 8.70. The molecular formula is C13H22N2O4S2. The van der Waals surface area contributed by atoms with Gasteiger partial charge in [0.25, 0.3) is 0 Å². The van der Waals surface area contributed by atoms with Crippen LogP contribution in [0.3, 0.4) is 0 Å². The van der Waals surface area contributed by atoms with Crippen molar-refractivity contribution < 1.29 is 16.8 Å². The van der Waals surface area contributed by atoms with E-state index >= 15 is 0 Å². The topological polar surface area (TPSA) is 106 Å². The Balaban J connectivity index is 3.05. The van der Waals surface area contributed by atoms with Crippen LogP contribution in [0.25, 0.3) is 0 Å². The summed E-state index contributed by atoms with van der Waals surface area (Å²) in [4.78, 5) is -0.711. The van der Waals surface area contributed by atoms with Gasteiger partial charge in [-0.3, -0.25) is 0 Å². The molecule has 1 aromatic carbocycles. The summed E-state index contributed by atoms with van der Waals surface area (Å²) < 4.78 is 50.1. The third kappa shape index (κ3) is 5.39. The average Bonchev–Trinajstić information content (AvgIpc) is 2.35. The van der Waals surface area contributed by atoms with Crippen LogP contribution in [0.15, 0.2) is 34.1 Å². The predicted octanol–water partition coefficient (Wildman–Crippen LogP) is 1.44. The number of primary sulfonamides is 1. The number of hydrogen-bond acceptors (Lipinski definition) is 4. The molecule has 8 heteroatoms. The van der Waals surface area contributed by atoms with E-state index in [1.165, 1.54) is 24.3 Å². The molecule has 0 amide bonds. The smallest absolute Gasteiger partial charge is 0.225 e. The molecule has 0 radical (unpaired) electrons. The van der Waals surface area contributed by atoms with Gasteiger partial charge in [-0.1, -0.05) is 26.0 Å². The molecule has 1 rings (SSSR count). The van der Waals surface area contributed by atoms with E-state index in [0.29, 0.717) is 12.3 Å². The van der Waals surface area contributed by atoms with Crippen LogP contribution < -0.4 is 9.86 Å². The van der Waals surface area contributed by atoms with Gasteiger partial charge in [0.2, 0.25) is 20.0 Å². The Kier molecular flexibility index (Phi) is 5.92. The molecule has 1 atom stereocenters. The Morgan fingerprint density at radius 1 is 1.00 bits per heavy atom. The summed E-state index contributed by atoms with van der Waals surface area (Å²) >= 11 is 0. The first-order valence-corrected chi connectivity index (χ1v) is 9.71. The lowest BCUT2D eigenvalue weighted by Gasteiger charge is -2.16. The normalized spacial score (nSPS) is 14.3. The van der Waals surface area contributed by atoms with Gasteiger partial charge < -0.3 is 0 Å². The van der Waals surface area contributed by atoms with Gasteiger partial charge in [0.1, 0.15) is 9.79 Å². The summed E-state index contributed by atoms with van der Waals surface area (Å²) in [5, 5.41) is 5.06. The van der Waals surface area contributed by atoms with Crippen LogP contribution in [-0.2, 0) is 20.0 Å². The maximum atomic E-state index is 12.3. The highest BCUT2D eigenvalue weighted by atomic mass is 32.2. The molecule has 0 aliphatic rings. The van der Waals surface area contributed by atoms with Crippen LogP contribution in [0.4, 0.5) is 0 Å². The van der Waals surface area contributed by atoms with E-state index in [2.05, 4.69) is 18.6 Å². The minimum atomic E-state index is -4.10. The molecule has 0 bridgehead atoms. The molecule has 120 valence electrons. The standard InChI is InChI=1S/C13H22N2O4S2/c1-10(2)8-9-11(3)15-21(18,19)13-7-5-4-6-12(13)20(14,16)17/h4-7,10-11,15H,8-9H2,1-3H3,(H2,14,16,17). The Morgan fingerprint density at radius 2 is 1.52 bits per heavy atom. The predicted molar refractivity (Wildman–Crippen MR) is 81.7 cm³/mol. The zero-order valence-electron chi connectivity index (χ0n) is 12.4. The molecule has 1 unspecified atom stereocenters. The van der Waals surface area contributed by atoms with Crippen molar-refractivity contribution in [2.45, 2.75) is 49.4 Å². The van der Waals surface area contributed by atoms with E-state index in [-0.39, 0.29) is 10.9 Å². The van der Waals surface area contributed by atoms with Crippen LogP contribution in [0.1, 0.15) is 33.6 Å². The largest absolute Gasteiger partial charge is 0.242 e. The van der Waals surface area contributed by atoms with Gasteiger partial charge in [0.05, 0.1) is 0 Å².